The number of benzene rings is 1. The Labute approximate surface area is 171 Å². The van der Waals surface area contributed by atoms with Crippen molar-refractivity contribution in [3.05, 3.63) is 42.5 Å². The second kappa shape index (κ2) is 8.13. The number of phenols is 1. The van der Waals surface area contributed by atoms with Crippen molar-refractivity contribution < 1.29 is 30.3 Å². The second-order valence-corrected chi connectivity index (χ2v) is 7.25. The van der Waals surface area contributed by atoms with Crippen molar-refractivity contribution in [2.45, 2.75) is 43.6 Å². The summed E-state index contributed by atoms with van der Waals surface area (Å²) in [7, 11) is 0. The molecular formula is C19H23N5O6. The van der Waals surface area contributed by atoms with Gasteiger partial charge in [0.25, 0.3) is 0 Å². The summed E-state index contributed by atoms with van der Waals surface area (Å²) >= 11 is 0. The third-order valence-corrected chi connectivity index (χ3v) is 5.20. The first kappa shape index (κ1) is 20.4. The van der Waals surface area contributed by atoms with Gasteiger partial charge in [-0.3, -0.25) is 4.57 Å². The predicted molar refractivity (Wildman–Crippen MR) is 104 cm³/mol. The Balaban J connectivity index is 1.59. The molecule has 0 amide bonds. The van der Waals surface area contributed by atoms with Gasteiger partial charge in [-0.1, -0.05) is 12.1 Å². The zero-order valence-electron chi connectivity index (χ0n) is 16.1. The lowest BCUT2D eigenvalue weighted by atomic mass is 10.0. The topological polar surface area (TPSA) is 166 Å². The van der Waals surface area contributed by atoms with Crippen LogP contribution < -0.4 is 5.32 Å². The van der Waals surface area contributed by atoms with E-state index in [4.69, 9.17) is 4.74 Å². The molecule has 11 heteroatoms. The fourth-order valence-corrected chi connectivity index (χ4v) is 3.55. The summed E-state index contributed by atoms with van der Waals surface area (Å²) in [6, 6.07) is 5.87. The van der Waals surface area contributed by atoms with Crippen molar-refractivity contribution in [2.24, 2.45) is 0 Å². The normalized spacial score (nSPS) is 26.0. The van der Waals surface area contributed by atoms with Gasteiger partial charge in [0.15, 0.2) is 23.2 Å². The van der Waals surface area contributed by atoms with Crippen LogP contribution in [0, 0.1) is 0 Å². The molecule has 3 aromatic rings. The van der Waals surface area contributed by atoms with Gasteiger partial charge in [0, 0.05) is 0 Å². The number of imidazole rings is 1. The third kappa shape index (κ3) is 3.57. The van der Waals surface area contributed by atoms with Crippen molar-refractivity contribution in [1.29, 1.82) is 0 Å². The Morgan fingerprint density at radius 2 is 2.00 bits per heavy atom. The molecule has 2 aromatic heterocycles. The monoisotopic (exact) mass is 417 g/mol. The maximum atomic E-state index is 10.6. The minimum absolute atomic E-state index is 0.0559. The molecule has 1 aromatic carbocycles. The van der Waals surface area contributed by atoms with Crippen LogP contribution in [0.4, 0.5) is 5.82 Å². The summed E-state index contributed by atoms with van der Waals surface area (Å²) in [5.41, 5.74) is 1.27. The Kier molecular flexibility index (Phi) is 5.54. The molecule has 3 heterocycles. The molecule has 11 nitrogen and oxygen atoms in total. The number of nitrogens with zero attached hydrogens (tertiary/aromatic N) is 4. The highest BCUT2D eigenvalue weighted by atomic mass is 16.6. The largest absolute Gasteiger partial charge is 0.508 e. The molecule has 160 valence electrons. The number of phenolic OH excluding ortho intramolecular Hbond substituents is 1. The SMILES string of the molecule is C[C@H](Nc1ncnc2c1ncn2[C@@H]1O[C@H](CO)[C@H](O)C1O)[C@H](O)c1cccc(O)c1. The molecule has 1 saturated heterocycles. The molecule has 6 N–H and O–H groups in total. The highest BCUT2D eigenvalue weighted by molar-refractivity contribution is 5.82. The minimum atomic E-state index is -1.27. The first-order valence-corrected chi connectivity index (χ1v) is 9.44. The summed E-state index contributed by atoms with van der Waals surface area (Å²) in [4.78, 5) is 12.7. The Hall–Kier alpha value is -2.83. The molecule has 1 aliphatic heterocycles. The number of hydrogen-bond acceptors (Lipinski definition) is 10. The lowest BCUT2D eigenvalue weighted by Gasteiger charge is -2.21. The van der Waals surface area contributed by atoms with E-state index in [0.29, 0.717) is 22.5 Å². The van der Waals surface area contributed by atoms with E-state index in [1.54, 1.807) is 19.1 Å². The zero-order chi connectivity index (χ0) is 21.4. The Morgan fingerprint density at radius 1 is 1.20 bits per heavy atom. The van der Waals surface area contributed by atoms with E-state index in [2.05, 4.69) is 20.3 Å². The number of fused-ring (bicyclic) bond motifs is 1. The van der Waals surface area contributed by atoms with E-state index >= 15 is 0 Å². The van der Waals surface area contributed by atoms with E-state index < -0.39 is 43.3 Å². The first-order valence-electron chi connectivity index (χ1n) is 9.44. The minimum Gasteiger partial charge on any atom is -0.508 e. The number of aliphatic hydroxyl groups is 4. The Bertz CT molecular complexity index is 1030. The van der Waals surface area contributed by atoms with E-state index in [0.717, 1.165) is 0 Å². The summed E-state index contributed by atoms with van der Waals surface area (Å²) in [6.45, 7) is 1.32. The van der Waals surface area contributed by atoms with Gasteiger partial charge in [0.2, 0.25) is 0 Å². The number of nitrogens with one attached hydrogen (secondary N) is 1. The molecule has 0 saturated carbocycles. The van der Waals surface area contributed by atoms with Gasteiger partial charge in [-0.05, 0) is 24.6 Å². The number of ether oxygens (including phenoxy) is 1. The summed E-state index contributed by atoms with van der Waals surface area (Å²) in [5, 5.41) is 52.9. The van der Waals surface area contributed by atoms with E-state index in [9.17, 15) is 25.5 Å². The van der Waals surface area contributed by atoms with Gasteiger partial charge < -0.3 is 35.6 Å². The fourth-order valence-electron chi connectivity index (χ4n) is 3.55. The molecule has 0 aliphatic carbocycles. The molecule has 6 atom stereocenters. The third-order valence-electron chi connectivity index (χ3n) is 5.20. The van der Waals surface area contributed by atoms with Gasteiger partial charge in [-0.15, -0.1) is 0 Å². The van der Waals surface area contributed by atoms with E-state index in [1.165, 1.54) is 29.4 Å². The van der Waals surface area contributed by atoms with Crippen molar-refractivity contribution in [3.63, 3.8) is 0 Å². The van der Waals surface area contributed by atoms with Crippen LogP contribution in [-0.2, 0) is 4.74 Å². The Morgan fingerprint density at radius 3 is 2.70 bits per heavy atom. The van der Waals surface area contributed by atoms with Gasteiger partial charge in [-0.2, -0.15) is 0 Å². The lowest BCUT2D eigenvalue weighted by Crippen LogP contribution is -2.33. The molecule has 4 rings (SSSR count). The van der Waals surface area contributed by atoms with Crippen LogP contribution in [0.2, 0.25) is 0 Å². The zero-order valence-corrected chi connectivity index (χ0v) is 16.1. The van der Waals surface area contributed by atoms with Gasteiger partial charge in [-0.25, -0.2) is 15.0 Å². The average molecular weight is 417 g/mol. The van der Waals surface area contributed by atoms with E-state index in [-0.39, 0.29) is 5.75 Å². The fraction of sp³-hybridized carbons (Fsp3) is 0.421. The molecule has 30 heavy (non-hydrogen) atoms. The van der Waals surface area contributed by atoms with Crippen LogP contribution in [0.25, 0.3) is 11.2 Å². The van der Waals surface area contributed by atoms with Crippen molar-refractivity contribution in [2.75, 3.05) is 11.9 Å². The van der Waals surface area contributed by atoms with Crippen molar-refractivity contribution in [1.82, 2.24) is 19.5 Å². The molecular weight excluding hydrogens is 394 g/mol. The van der Waals surface area contributed by atoms with Crippen LogP contribution in [-0.4, -0.2) is 76.0 Å². The number of hydrogen-bond donors (Lipinski definition) is 6. The predicted octanol–water partition coefficient (Wildman–Crippen LogP) is -0.323. The molecule has 0 radical (unpaired) electrons. The number of anilines is 1. The summed E-state index contributed by atoms with van der Waals surface area (Å²) in [6.07, 6.45) is -2.62. The first-order chi connectivity index (χ1) is 14.4. The average Bonchev–Trinajstić information content (AvgIpc) is 3.29. The standard InChI is InChI=1S/C19H23N5O6/c1-9(14(27)10-3-2-4-11(26)5-10)23-17-13-18(21-7-20-17)24(8-22-13)19-16(29)15(28)12(6-25)30-19/h2-5,7-9,12,14-16,19,25-29H,6H2,1H3,(H,20,21,23)/t9-,12+,14-,15-,16?,19+/m0/s1. The summed E-state index contributed by atoms with van der Waals surface area (Å²) < 4.78 is 7.00. The molecule has 1 aliphatic rings. The molecule has 1 unspecified atom stereocenters. The highest BCUT2D eigenvalue weighted by Gasteiger charge is 2.44. The maximum absolute atomic E-state index is 10.6. The van der Waals surface area contributed by atoms with Crippen molar-refractivity contribution in [3.8, 4) is 5.75 Å². The van der Waals surface area contributed by atoms with Gasteiger partial charge >= 0.3 is 0 Å². The van der Waals surface area contributed by atoms with Crippen LogP contribution in [0.3, 0.4) is 0 Å². The molecule has 0 spiro atoms. The van der Waals surface area contributed by atoms with Gasteiger partial charge in [0.1, 0.15) is 30.4 Å². The van der Waals surface area contributed by atoms with Crippen molar-refractivity contribution >= 4 is 17.0 Å². The van der Waals surface area contributed by atoms with Crippen LogP contribution in [0.15, 0.2) is 36.9 Å². The summed E-state index contributed by atoms with van der Waals surface area (Å²) in [5.74, 6) is 0.414. The van der Waals surface area contributed by atoms with Crippen LogP contribution >= 0.6 is 0 Å². The second-order valence-electron chi connectivity index (χ2n) is 7.25. The van der Waals surface area contributed by atoms with Gasteiger partial charge in [0.05, 0.1) is 25.1 Å². The smallest absolute Gasteiger partial charge is 0.167 e. The lowest BCUT2D eigenvalue weighted by molar-refractivity contribution is -0.0511. The maximum Gasteiger partial charge on any atom is 0.167 e. The van der Waals surface area contributed by atoms with Crippen LogP contribution in [0.5, 0.6) is 5.75 Å². The number of aromatic nitrogens is 4. The van der Waals surface area contributed by atoms with Crippen LogP contribution in [0.1, 0.15) is 24.8 Å². The number of aliphatic hydroxyl groups excluding tert-OH is 4. The quantitative estimate of drug-likeness (QED) is 0.313. The molecule has 0 bridgehead atoms. The number of aromatic hydroxyl groups is 1. The highest BCUT2D eigenvalue weighted by Crippen LogP contribution is 2.32. The molecule has 1 fully saturated rings. The van der Waals surface area contributed by atoms with E-state index in [1.807, 2.05) is 0 Å². The number of rotatable bonds is 6.